The zero-order valence-electron chi connectivity index (χ0n) is 11.2. The summed E-state index contributed by atoms with van der Waals surface area (Å²) in [5, 5.41) is 3.03. The van der Waals surface area contributed by atoms with Gasteiger partial charge in [-0.3, -0.25) is 0 Å². The highest BCUT2D eigenvalue weighted by atomic mass is 35.5. The fourth-order valence-electron chi connectivity index (χ4n) is 1.77. The summed E-state index contributed by atoms with van der Waals surface area (Å²) in [5.41, 5.74) is 0.982. The minimum atomic E-state index is -3.50. The summed E-state index contributed by atoms with van der Waals surface area (Å²) in [6, 6.07) is 11.0. The topological polar surface area (TPSA) is 58.2 Å². The molecule has 0 unspecified atom stereocenters. The van der Waals surface area contributed by atoms with Crippen LogP contribution in [0.2, 0.25) is 5.02 Å². The Bertz CT molecular complexity index is 750. The molecule has 0 saturated carbocycles. The molecule has 2 rings (SSSR count). The summed E-state index contributed by atoms with van der Waals surface area (Å²) in [6.45, 7) is 0.204. The molecular formula is C14H14ClFN2O2S. The van der Waals surface area contributed by atoms with Gasteiger partial charge in [-0.2, -0.15) is 0 Å². The Labute approximate surface area is 128 Å². The molecule has 7 heteroatoms. The van der Waals surface area contributed by atoms with Crippen molar-refractivity contribution in [1.82, 2.24) is 4.72 Å². The van der Waals surface area contributed by atoms with Crippen molar-refractivity contribution in [2.45, 2.75) is 11.4 Å². The quantitative estimate of drug-likeness (QED) is 0.887. The number of hydrogen-bond donors (Lipinski definition) is 2. The Morgan fingerprint density at radius 1 is 1.19 bits per heavy atom. The Kier molecular flexibility index (Phi) is 4.82. The summed E-state index contributed by atoms with van der Waals surface area (Å²) in [4.78, 5) is 0.140. The van der Waals surface area contributed by atoms with E-state index in [-0.39, 0.29) is 16.5 Å². The Balaban J connectivity index is 2.18. The van der Waals surface area contributed by atoms with E-state index < -0.39 is 15.8 Å². The van der Waals surface area contributed by atoms with Crippen LogP contribution in [0, 0.1) is 5.82 Å². The molecule has 0 aliphatic heterocycles. The van der Waals surface area contributed by atoms with Gasteiger partial charge < -0.3 is 5.32 Å². The van der Waals surface area contributed by atoms with Gasteiger partial charge in [-0.25, -0.2) is 17.5 Å². The van der Waals surface area contributed by atoms with E-state index in [1.165, 1.54) is 25.2 Å². The van der Waals surface area contributed by atoms with Gasteiger partial charge in [0.25, 0.3) is 0 Å². The van der Waals surface area contributed by atoms with Crippen molar-refractivity contribution in [2.24, 2.45) is 0 Å². The highest BCUT2D eigenvalue weighted by molar-refractivity contribution is 7.89. The Morgan fingerprint density at radius 2 is 1.90 bits per heavy atom. The predicted molar refractivity (Wildman–Crippen MR) is 81.4 cm³/mol. The van der Waals surface area contributed by atoms with Gasteiger partial charge >= 0.3 is 0 Å². The van der Waals surface area contributed by atoms with Gasteiger partial charge in [-0.15, -0.1) is 0 Å². The zero-order chi connectivity index (χ0) is 15.5. The average Bonchev–Trinajstić information content (AvgIpc) is 2.49. The molecule has 0 fully saturated rings. The van der Waals surface area contributed by atoms with Crippen molar-refractivity contribution in [1.29, 1.82) is 0 Å². The molecule has 2 aromatic carbocycles. The van der Waals surface area contributed by atoms with Crippen LogP contribution in [0.15, 0.2) is 47.4 Å². The smallest absolute Gasteiger partial charge is 0.240 e. The molecular weight excluding hydrogens is 315 g/mol. The molecule has 0 aliphatic carbocycles. The number of nitrogens with one attached hydrogen (secondary N) is 2. The van der Waals surface area contributed by atoms with Crippen LogP contribution in [-0.4, -0.2) is 15.5 Å². The van der Waals surface area contributed by atoms with Crippen molar-refractivity contribution in [3.05, 3.63) is 58.9 Å². The first kappa shape index (κ1) is 15.8. The van der Waals surface area contributed by atoms with Crippen molar-refractivity contribution < 1.29 is 12.8 Å². The first-order valence-electron chi connectivity index (χ1n) is 6.14. The normalized spacial score (nSPS) is 11.4. The minimum Gasteiger partial charge on any atom is -0.381 e. The van der Waals surface area contributed by atoms with Crippen molar-refractivity contribution >= 4 is 27.3 Å². The summed E-state index contributed by atoms with van der Waals surface area (Å²) < 4.78 is 39.4. The highest BCUT2D eigenvalue weighted by Gasteiger charge is 2.11. The molecule has 0 saturated heterocycles. The van der Waals surface area contributed by atoms with Crippen LogP contribution in [-0.2, 0) is 16.6 Å². The second-order valence-electron chi connectivity index (χ2n) is 4.30. The first-order valence-corrected chi connectivity index (χ1v) is 8.00. The predicted octanol–water partition coefficient (Wildman–Crippen LogP) is 3.00. The number of benzene rings is 2. The number of rotatable bonds is 5. The highest BCUT2D eigenvalue weighted by Crippen LogP contribution is 2.20. The molecule has 2 N–H and O–H groups in total. The minimum absolute atomic E-state index is 0.0563. The lowest BCUT2D eigenvalue weighted by molar-refractivity contribution is 0.588. The van der Waals surface area contributed by atoms with E-state index in [1.807, 2.05) is 0 Å². The monoisotopic (exact) mass is 328 g/mol. The fourth-order valence-corrected chi connectivity index (χ4v) is 2.74. The first-order chi connectivity index (χ1) is 9.94. The lowest BCUT2D eigenvalue weighted by Crippen LogP contribution is -2.18. The third kappa shape index (κ3) is 3.72. The van der Waals surface area contributed by atoms with Gasteiger partial charge in [0, 0.05) is 17.8 Å². The molecule has 0 spiro atoms. The lowest BCUT2D eigenvalue weighted by Gasteiger charge is -2.10. The van der Waals surface area contributed by atoms with Crippen LogP contribution >= 0.6 is 11.6 Å². The molecule has 2 aromatic rings. The zero-order valence-corrected chi connectivity index (χ0v) is 12.8. The summed E-state index contributed by atoms with van der Waals surface area (Å²) in [6.07, 6.45) is 0. The Morgan fingerprint density at radius 3 is 2.62 bits per heavy atom. The van der Waals surface area contributed by atoms with Crippen molar-refractivity contribution in [3.8, 4) is 0 Å². The molecule has 0 heterocycles. The third-order valence-electron chi connectivity index (χ3n) is 2.93. The largest absolute Gasteiger partial charge is 0.381 e. The number of anilines is 1. The second-order valence-corrected chi connectivity index (χ2v) is 6.60. The van der Waals surface area contributed by atoms with Gasteiger partial charge in [0.15, 0.2) is 0 Å². The second kappa shape index (κ2) is 6.43. The van der Waals surface area contributed by atoms with Gasteiger partial charge in [0.1, 0.15) is 5.82 Å². The number of sulfonamides is 1. The van der Waals surface area contributed by atoms with E-state index in [0.29, 0.717) is 11.3 Å². The van der Waals surface area contributed by atoms with E-state index in [2.05, 4.69) is 10.0 Å². The third-order valence-corrected chi connectivity index (χ3v) is 4.63. The maximum atomic E-state index is 13.7. The Hall–Kier alpha value is -1.63. The number of halogens is 2. The maximum absolute atomic E-state index is 13.7. The molecule has 0 bridgehead atoms. The van der Waals surface area contributed by atoms with Gasteiger partial charge in [0.05, 0.1) is 9.92 Å². The van der Waals surface area contributed by atoms with Gasteiger partial charge in [-0.1, -0.05) is 29.8 Å². The van der Waals surface area contributed by atoms with E-state index in [4.69, 9.17) is 11.6 Å². The van der Waals surface area contributed by atoms with Crippen molar-refractivity contribution in [3.63, 3.8) is 0 Å². The van der Waals surface area contributed by atoms with Gasteiger partial charge in [-0.05, 0) is 31.3 Å². The molecule has 112 valence electrons. The lowest BCUT2D eigenvalue weighted by atomic mass is 10.2. The van der Waals surface area contributed by atoms with E-state index >= 15 is 0 Å². The van der Waals surface area contributed by atoms with Crippen molar-refractivity contribution in [2.75, 3.05) is 12.4 Å². The van der Waals surface area contributed by atoms with Crippen LogP contribution in [0.1, 0.15) is 5.56 Å². The van der Waals surface area contributed by atoms with E-state index in [0.717, 1.165) is 0 Å². The van der Waals surface area contributed by atoms with E-state index in [9.17, 15) is 12.8 Å². The summed E-state index contributed by atoms with van der Waals surface area (Å²) in [5.74, 6) is -0.481. The molecule has 0 atom stereocenters. The molecule has 0 aromatic heterocycles. The fraction of sp³-hybridized carbons (Fsp3) is 0.143. The molecule has 0 aliphatic rings. The molecule has 0 radical (unpaired) electrons. The summed E-state index contributed by atoms with van der Waals surface area (Å²) >= 11 is 5.71. The average molecular weight is 329 g/mol. The summed E-state index contributed by atoms with van der Waals surface area (Å²) in [7, 11) is -2.16. The molecule has 0 amide bonds. The van der Waals surface area contributed by atoms with Crippen LogP contribution in [0.5, 0.6) is 0 Å². The van der Waals surface area contributed by atoms with Crippen LogP contribution < -0.4 is 10.0 Å². The van der Waals surface area contributed by atoms with Crippen LogP contribution in [0.3, 0.4) is 0 Å². The maximum Gasteiger partial charge on any atom is 0.240 e. The van der Waals surface area contributed by atoms with Crippen LogP contribution in [0.25, 0.3) is 0 Å². The SMILES string of the molecule is CNS(=O)(=O)c1cccc(NCc2cccc(Cl)c2F)c1. The number of hydrogen-bond acceptors (Lipinski definition) is 3. The van der Waals surface area contributed by atoms with Crippen LogP contribution in [0.4, 0.5) is 10.1 Å². The van der Waals surface area contributed by atoms with Gasteiger partial charge in [0.2, 0.25) is 10.0 Å². The standard InChI is InChI=1S/C14H14ClFN2O2S/c1-17-21(19,20)12-6-3-5-11(8-12)18-9-10-4-2-7-13(15)14(10)16/h2-8,17-18H,9H2,1H3. The van der Waals surface area contributed by atoms with E-state index in [1.54, 1.807) is 24.3 Å². The molecule has 4 nitrogen and oxygen atoms in total. The molecule has 21 heavy (non-hydrogen) atoms.